The third-order valence-corrected chi connectivity index (χ3v) is 3.67. The Bertz CT molecular complexity index is 211. The van der Waals surface area contributed by atoms with E-state index in [1.54, 1.807) is 0 Å². The molecule has 0 spiro atoms. The molecular formula is H6N2Na4O8P4. The van der Waals surface area contributed by atoms with Gasteiger partial charge in [-0.2, -0.15) is 0 Å². The molecule has 2 N–H and O–H groups in total. The van der Waals surface area contributed by atoms with E-state index in [1.165, 1.54) is 9.72 Å². The fourth-order valence-electron chi connectivity index (χ4n) is 0.167. The van der Waals surface area contributed by atoms with E-state index in [1.807, 2.05) is 0 Å². The van der Waals surface area contributed by atoms with Crippen molar-refractivity contribution in [3.63, 3.8) is 0 Å². The van der Waals surface area contributed by atoms with Crippen LogP contribution in [-0.4, -0.2) is 0 Å². The van der Waals surface area contributed by atoms with Gasteiger partial charge in [0.05, 0.1) is 32.7 Å². The predicted octanol–water partition coefficient (Wildman–Crippen LogP) is -15.8. The van der Waals surface area contributed by atoms with Crippen LogP contribution in [0.4, 0.5) is 0 Å². The molecule has 4 atom stereocenters. The first-order chi connectivity index (χ1) is 6.25. The maximum atomic E-state index is 9.40. The Balaban J connectivity index is -0.0000000327. The van der Waals surface area contributed by atoms with Crippen molar-refractivity contribution in [2.24, 2.45) is 0 Å². The van der Waals surface area contributed by atoms with Gasteiger partial charge in [0.25, 0.3) is 0 Å². The molecule has 0 fully saturated rings. The second-order valence-corrected chi connectivity index (χ2v) is 5.70. The van der Waals surface area contributed by atoms with Gasteiger partial charge in [0, 0.05) is 0 Å². The summed E-state index contributed by atoms with van der Waals surface area (Å²) in [6, 6.07) is 0. The average molecular weight is 378 g/mol. The molecule has 0 aliphatic heterocycles. The van der Waals surface area contributed by atoms with Gasteiger partial charge < -0.3 is 37.8 Å². The molecule has 0 amide bonds. The fourth-order valence-corrected chi connectivity index (χ4v) is 1.50. The average Bonchev–Trinajstić information content (AvgIpc) is 1.79. The Morgan fingerprint density at radius 1 is 0.500 bits per heavy atom. The van der Waals surface area contributed by atoms with Crippen LogP contribution < -0.4 is 148 Å². The molecule has 0 aromatic carbocycles. The number of nitrogens with one attached hydrogen (secondary N) is 2. The zero-order valence-electron chi connectivity index (χ0n) is 10.3. The van der Waals surface area contributed by atoms with E-state index in [9.17, 15) is 37.8 Å². The van der Waals surface area contributed by atoms with Gasteiger partial charge in [0.15, 0.2) is 0 Å². The Morgan fingerprint density at radius 3 is 0.611 bits per heavy atom. The summed E-state index contributed by atoms with van der Waals surface area (Å²) in [6.07, 6.45) is 0. The minimum Gasteiger partial charge on any atom is -0.790 e. The van der Waals surface area contributed by atoms with Gasteiger partial charge in [0.2, 0.25) is 0 Å². The largest absolute Gasteiger partial charge is 1.00 e. The fraction of sp³-hybridized carbons (Fsp3) is 0. The van der Waals surface area contributed by atoms with Crippen molar-refractivity contribution in [1.82, 2.24) is 9.72 Å². The van der Waals surface area contributed by atoms with Gasteiger partial charge in [-0.3, -0.25) is 0 Å². The topological polar surface area (TPSA) is 185 Å². The molecule has 0 rings (SSSR count). The van der Waals surface area contributed by atoms with Crippen LogP contribution in [0.5, 0.6) is 0 Å². The second kappa shape index (κ2) is 26.6. The smallest absolute Gasteiger partial charge is 0.790 e. The molecule has 18 heavy (non-hydrogen) atoms. The Morgan fingerprint density at radius 2 is 0.611 bits per heavy atom. The van der Waals surface area contributed by atoms with Gasteiger partial charge in [-0.1, -0.05) is 0 Å². The zero-order valence-corrected chi connectivity index (χ0v) is 22.3. The SMILES string of the molecule is O=[PH]([O-])N[PH](=O)[O-].O=[PH]([O-])N[PH](=O)[O-].[Na+].[Na+].[Na+].[Na+]. The summed E-state index contributed by atoms with van der Waals surface area (Å²) >= 11 is 0. The van der Waals surface area contributed by atoms with Crippen molar-refractivity contribution in [2.45, 2.75) is 0 Å². The minimum atomic E-state index is -3.26. The Kier molecular flexibility index (Phi) is 56.6. The van der Waals surface area contributed by atoms with Gasteiger partial charge in [-0.05, 0) is 0 Å². The predicted molar refractivity (Wildman–Crippen MR) is 42.3 cm³/mol. The van der Waals surface area contributed by atoms with E-state index < -0.39 is 32.7 Å². The number of hydrogen-bond acceptors (Lipinski definition) is 8. The van der Waals surface area contributed by atoms with E-state index in [-0.39, 0.29) is 118 Å². The summed E-state index contributed by atoms with van der Waals surface area (Å²) in [5, 5.41) is 0. The maximum absolute atomic E-state index is 9.40. The van der Waals surface area contributed by atoms with Crippen LogP contribution in [0.25, 0.3) is 0 Å². The molecule has 0 heterocycles. The monoisotopic (exact) mass is 378 g/mol. The molecule has 0 aliphatic carbocycles. The molecule has 0 aromatic heterocycles. The van der Waals surface area contributed by atoms with Crippen molar-refractivity contribution in [3.8, 4) is 0 Å². The van der Waals surface area contributed by atoms with Crippen LogP contribution in [0.15, 0.2) is 0 Å². The maximum Gasteiger partial charge on any atom is 1.00 e. The first-order valence-corrected chi connectivity index (χ1v) is 7.90. The molecule has 4 unspecified atom stereocenters. The van der Waals surface area contributed by atoms with E-state index in [0.717, 1.165) is 0 Å². The standard InChI is InChI=1S/2H5NO4P2.4Na/c2*2-6(3)1-7(4)5;;;;/h2*6-7H,(H3,1,2,3,4,5);;;;/q;;4*+1/p-4. The van der Waals surface area contributed by atoms with Crippen LogP contribution in [0.3, 0.4) is 0 Å². The van der Waals surface area contributed by atoms with E-state index in [0.29, 0.717) is 0 Å². The van der Waals surface area contributed by atoms with Crippen LogP contribution in [0, 0.1) is 0 Å². The van der Waals surface area contributed by atoms with Crippen LogP contribution in [0.2, 0.25) is 0 Å². The normalized spacial score (nSPS) is 14.4. The van der Waals surface area contributed by atoms with Gasteiger partial charge in [-0.15, -0.1) is 0 Å². The summed E-state index contributed by atoms with van der Waals surface area (Å²) in [6.45, 7) is 0. The molecular weight excluding hydrogens is 372 g/mol. The zero-order chi connectivity index (χ0) is 11.7. The molecule has 18 heteroatoms. The van der Waals surface area contributed by atoms with E-state index >= 15 is 0 Å². The van der Waals surface area contributed by atoms with Crippen molar-refractivity contribution in [2.75, 3.05) is 0 Å². The van der Waals surface area contributed by atoms with Gasteiger partial charge >= 0.3 is 118 Å². The van der Waals surface area contributed by atoms with Crippen LogP contribution >= 0.6 is 32.7 Å². The summed E-state index contributed by atoms with van der Waals surface area (Å²) < 4.78 is 37.6. The Labute approximate surface area is 195 Å². The van der Waals surface area contributed by atoms with Gasteiger partial charge in [0.1, 0.15) is 0 Å². The molecule has 0 aliphatic rings. The number of rotatable bonds is 4. The molecule has 0 bridgehead atoms. The Hall–Kier alpha value is 4.68. The first kappa shape index (κ1) is 38.3. The van der Waals surface area contributed by atoms with E-state index in [2.05, 4.69) is 0 Å². The molecule has 88 valence electrons. The first-order valence-electron chi connectivity index (χ1n) is 2.63. The minimum absolute atomic E-state index is 0. The molecule has 10 nitrogen and oxygen atoms in total. The summed E-state index contributed by atoms with van der Waals surface area (Å²) in [5.74, 6) is 0. The molecule has 0 saturated carbocycles. The molecule has 0 aromatic rings. The van der Waals surface area contributed by atoms with Gasteiger partial charge in [-0.25, -0.2) is 9.72 Å². The third kappa shape index (κ3) is 49.8. The summed E-state index contributed by atoms with van der Waals surface area (Å²) in [7, 11) is -13.1. The quantitative estimate of drug-likeness (QED) is 0.352. The molecule has 0 radical (unpaired) electrons. The van der Waals surface area contributed by atoms with E-state index in [4.69, 9.17) is 0 Å². The second-order valence-electron chi connectivity index (χ2n) is 1.40. The molecule has 0 saturated heterocycles. The summed E-state index contributed by atoms with van der Waals surface area (Å²) in [4.78, 5) is 40.2. The van der Waals surface area contributed by atoms with Crippen LogP contribution in [-0.2, 0) is 18.3 Å². The summed E-state index contributed by atoms with van der Waals surface area (Å²) in [5.41, 5.74) is 0. The number of hydrogen-bond donors (Lipinski definition) is 2. The van der Waals surface area contributed by atoms with Crippen molar-refractivity contribution in [1.29, 1.82) is 0 Å². The van der Waals surface area contributed by atoms with Crippen molar-refractivity contribution in [3.05, 3.63) is 0 Å². The third-order valence-electron chi connectivity index (χ3n) is 0.408. The van der Waals surface area contributed by atoms with Crippen molar-refractivity contribution < 1.29 is 156 Å². The van der Waals surface area contributed by atoms with Crippen LogP contribution in [0.1, 0.15) is 0 Å². The van der Waals surface area contributed by atoms with Crippen molar-refractivity contribution >= 4 is 32.7 Å².